The van der Waals surface area contributed by atoms with E-state index in [4.69, 9.17) is 0 Å². The maximum Gasteiger partial charge on any atom is 0.336 e. The number of carbonyl (C=O) groups is 1. The van der Waals surface area contributed by atoms with Gasteiger partial charge in [-0.25, -0.2) is 4.79 Å². The quantitative estimate of drug-likeness (QED) is 0.870. The van der Waals surface area contributed by atoms with Crippen LogP contribution in [0, 0.1) is 0 Å². The van der Waals surface area contributed by atoms with Crippen LogP contribution in [-0.2, 0) is 12.6 Å². The van der Waals surface area contributed by atoms with E-state index in [9.17, 15) is 9.90 Å². The number of aryl methyl sites for hydroxylation is 1. The molecule has 2 aromatic rings. The third kappa shape index (κ3) is 1.75. The van der Waals surface area contributed by atoms with E-state index in [0.717, 1.165) is 36.0 Å². The molecule has 0 bridgehead atoms. The van der Waals surface area contributed by atoms with E-state index in [0.29, 0.717) is 5.56 Å². The fraction of sp³-hybridized carbons (Fsp3) is 0.400. The molecule has 1 fully saturated rings. The fourth-order valence-electron chi connectivity index (χ4n) is 3.19. The van der Waals surface area contributed by atoms with Crippen LogP contribution < -0.4 is 5.32 Å². The first-order chi connectivity index (χ1) is 9.03. The zero-order valence-corrected chi connectivity index (χ0v) is 11.2. The van der Waals surface area contributed by atoms with Gasteiger partial charge in [0.05, 0.1) is 11.1 Å². The number of fused-ring (bicyclic) bond motifs is 1. The number of aromatic carboxylic acids is 1. The molecule has 1 atom stereocenters. The van der Waals surface area contributed by atoms with Crippen LogP contribution in [0.15, 0.2) is 24.3 Å². The number of nitrogens with zero attached hydrogens (tertiary/aromatic N) is 1. The average Bonchev–Trinajstić information content (AvgIpc) is 2.95. The molecule has 2 N–H and O–H groups in total. The summed E-state index contributed by atoms with van der Waals surface area (Å²) in [4.78, 5) is 11.3. The minimum Gasteiger partial charge on any atom is -0.478 e. The van der Waals surface area contributed by atoms with Crippen molar-refractivity contribution in [3.05, 3.63) is 35.5 Å². The number of hydrogen-bond acceptors (Lipinski definition) is 2. The van der Waals surface area contributed by atoms with Crippen molar-refractivity contribution in [3.63, 3.8) is 0 Å². The van der Waals surface area contributed by atoms with Crippen molar-refractivity contribution in [1.82, 2.24) is 9.88 Å². The number of carboxylic acids is 1. The second-order valence-electron chi connectivity index (χ2n) is 5.49. The highest BCUT2D eigenvalue weighted by Gasteiger charge is 2.33. The van der Waals surface area contributed by atoms with Crippen molar-refractivity contribution >= 4 is 16.9 Å². The van der Waals surface area contributed by atoms with Gasteiger partial charge in [-0.15, -0.1) is 0 Å². The van der Waals surface area contributed by atoms with E-state index in [1.54, 1.807) is 12.1 Å². The van der Waals surface area contributed by atoms with E-state index in [1.807, 2.05) is 19.2 Å². The summed E-state index contributed by atoms with van der Waals surface area (Å²) in [5, 5.41) is 13.6. The second kappa shape index (κ2) is 4.10. The number of carboxylic acid groups (broad SMARTS) is 1. The van der Waals surface area contributed by atoms with E-state index in [2.05, 4.69) is 16.8 Å². The molecule has 0 radical (unpaired) electrons. The molecule has 4 nitrogen and oxygen atoms in total. The van der Waals surface area contributed by atoms with Gasteiger partial charge in [0.1, 0.15) is 0 Å². The number of rotatable bonds is 2. The first-order valence-electron chi connectivity index (χ1n) is 6.60. The lowest BCUT2D eigenvalue weighted by atomic mass is 9.95. The first kappa shape index (κ1) is 12.2. The van der Waals surface area contributed by atoms with Crippen LogP contribution in [0.25, 0.3) is 10.9 Å². The van der Waals surface area contributed by atoms with E-state index < -0.39 is 5.97 Å². The standard InChI is InChI=1S/C15H18N2O2/c1-15(7-4-8-16-15)13-9-11-10(14(18)19)5-3-6-12(11)17(13)2/h3,5-6,9,16H,4,7-8H2,1-2H3,(H,18,19). The summed E-state index contributed by atoms with van der Waals surface area (Å²) < 4.78 is 2.11. The Morgan fingerprint density at radius 1 is 1.47 bits per heavy atom. The lowest BCUT2D eigenvalue weighted by Gasteiger charge is -2.25. The molecule has 100 valence electrons. The van der Waals surface area contributed by atoms with Crippen LogP contribution in [0.2, 0.25) is 0 Å². The van der Waals surface area contributed by atoms with Gasteiger partial charge < -0.3 is 15.0 Å². The summed E-state index contributed by atoms with van der Waals surface area (Å²) in [5.41, 5.74) is 2.46. The third-order valence-corrected chi connectivity index (χ3v) is 4.25. The molecule has 0 spiro atoms. The maximum absolute atomic E-state index is 11.3. The van der Waals surface area contributed by atoms with Gasteiger partial charge in [0, 0.05) is 23.6 Å². The molecule has 0 amide bonds. The number of hydrogen-bond donors (Lipinski definition) is 2. The summed E-state index contributed by atoms with van der Waals surface area (Å²) >= 11 is 0. The van der Waals surface area contributed by atoms with E-state index in [-0.39, 0.29) is 5.54 Å². The van der Waals surface area contributed by atoms with Gasteiger partial charge in [-0.05, 0) is 44.5 Å². The van der Waals surface area contributed by atoms with Gasteiger partial charge in [-0.2, -0.15) is 0 Å². The van der Waals surface area contributed by atoms with Crippen molar-refractivity contribution in [2.45, 2.75) is 25.3 Å². The molecule has 2 heterocycles. The minimum absolute atomic E-state index is 0.0520. The van der Waals surface area contributed by atoms with Gasteiger partial charge >= 0.3 is 5.97 Å². The summed E-state index contributed by atoms with van der Waals surface area (Å²) in [6.07, 6.45) is 2.24. The highest BCUT2D eigenvalue weighted by Crippen LogP contribution is 2.34. The summed E-state index contributed by atoms with van der Waals surface area (Å²) in [7, 11) is 2.01. The van der Waals surface area contributed by atoms with Gasteiger partial charge in [0.2, 0.25) is 0 Å². The highest BCUT2D eigenvalue weighted by atomic mass is 16.4. The summed E-state index contributed by atoms with van der Waals surface area (Å²) in [6.45, 7) is 3.21. The molecule has 1 aromatic carbocycles. The number of nitrogens with one attached hydrogen (secondary N) is 1. The summed E-state index contributed by atoms with van der Waals surface area (Å²) in [5.74, 6) is -0.868. The minimum atomic E-state index is -0.868. The SMILES string of the molecule is Cn1c(C2(C)CCCN2)cc2c(C(=O)O)cccc21. The molecule has 1 saturated heterocycles. The van der Waals surface area contributed by atoms with Gasteiger partial charge in [-0.3, -0.25) is 0 Å². The average molecular weight is 258 g/mol. The molecular weight excluding hydrogens is 240 g/mol. The smallest absolute Gasteiger partial charge is 0.336 e. The molecular formula is C15H18N2O2. The molecule has 0 saturated carbocycles. The van der Waals surface area contributed by atoms with Crippen molar-refractivity contribution in [2.75, 3.05) is 6.54 Å². The molecule has 1 aromatic heterocycles. The topological polar surface area (TPSA) is 54.3 Å². The largest absolute Gasteiger partial charge is 0.478 e. The van der Waals surface area contributed by atoms with Crippen LogP contribution >= 0.6 is 0 Å². The predicted octanol–water partition coefficient (Wildman–Crippen LogP) is 2.48. The Morgan fingerprint density at radius 3 is 2.89 bits per heavy atom. The van der Waals surface area contributed by atoms with Crippen molar-refractivity contribution in [1.29, 1.82) is 0 Å². The zero-order chi connectivity index (χ0) is 13.6. The predicted molar refractivity (Wildman–Crippen MR) is 74.5 cm³/mol. The summed E-state index contributed by atoms with van der Waals surface area (Å²) in [6, 6.07) is 7.47. The van der Waals surface area contributed by atoms with Crippen molar-refractivity contribution in [3.8, 4) is 0 Å². The normalized spacial score (nSPS) is 23.1. The van der Waals surface area contributed by atoms with Crippen LogP contribution in [0.1, 0.15) is 35.8 Å². The van der Waals surface area contributed by atoms with E-state index >= 15 is 0 Å². The first-order valence-corrected chi connectivity index (χ1v) is 6.60. The van der Waals surface area contributed by atoms with Crippen LogP contribution in [-0.4, -0.2) is 22.2 Å². The molecule has 1 unspecified atom stereocenters. The third-order valence-electron chi connectivity index (χ3n) is 4.25. The van der Waals surface area contributed by atoms with E-state index in [1.165, 1.54) is 0 Å². The van der Waals surface area contributed by atoms with Gasteiger partial charge in [0.15, 0.2) is 0 Å². The lowest BCUT2D eigenvalue weighted by Crippen LogP contribution is -2.34. The molecule has 3 rings (SSSR count). The zero-order valence-electron chi connectivity index (χ0n) is 11.2. The number of aromatic nitrogens is 1. The van der Waals surface area contributed by atoms with Crippen LogP contribution in [0.5, 0.6) is 0 Å². The Hall–Kier alpha value is -1.81. The van der Waals surface area contributed by atoms with Crippen molar-refractivity contribution in [2.24, 2.45) is 7.05 Å². The van der Waals surface area contributed by atoms with Crippen LogP contribution in [0.4, 0.5) is 0 Å². The monoisotopic (exact) mass is 258 g/mol. The van der Waals surface area contributed by atoms with Crippen LogP contribution in [0.3, 0.4) is 0 Å². The maximum atomic E-state index is 11.3. The van der Waals surface area contributed by atoms with Gasteiger partial charge in [-0.1, -0.05) is 6.07 Å². The fourth-order valence-corrected chi connectivity index (χ4v) is 3.19. The Kier molecular flexibility index (Phi) is 2.64. The molecule has 1 aliphatic rings. The molecule has 4 heteroatoms. The Labute approximate surface area is 112 Å². The van der Waals surface area contributed by atoms with Crippen molar-refractivity contribution < 1.29 is 9.90 Å². The Morgan fingerprint density at radius 2 is 2.26 bits per heavy atom. The second-order valence-corrected chi connectivity index (χ2v) is 5.49. The molecule has 19 heavy (non-hydrogen) atoms. The highest BCUT2D eigenvalue weighted by molar-refractivity contribution is 6.03. The molecule has 0 aliphatic carbocycles. The molecule has 1 aliphatic heterocycles. The Bertz CT molecular complexity index is 651. The lowest BCUT2D eigenvalue weighted by molar-refractivity contribution is 0.0699. The number of benzene rings is 1. The van der Waals surface area contributed by atoms with Gasteiger partial charge in [0.25, 0.3) is 0 Å². The Balaban J connectivity index is 2.25.